The van der Waals surface area contributed by atoms with Crippen LogP contribution >= 0.6 is 0 Å². The van der Waals surface area contributed by atoms with Gasteiger partial charge in [-0.1, -0.05) is 49.6 Å². The van der Waals surface area contributed by atoms with Gasteiger partial charge in [0, 0.05) is 19.0 Å². The van der Waals surface area contributed by atoms with Crippen molar-refractivity contribution in [2.75, 3.05) is 6.54 Å². The normalized spacial score (nSPS) is 23.8. The van der Waals surface area contributed by atoms with Crippen LogP contribution in [0.25, 0.3) is 0 Å². The first-order valence-electron chi connectivity index (χ1n) is 8.80. The Balaban J connectivity index is 1.57. The lowest BCUT2D eigenvalue weighted by Crippen LogP contribution is -2.39. The van der Waals surface area contributed by atoms with Crippen LogP contribution in [-0.4, -0.2) is 29.3 Å². The summed E-state index contributed by atoms with van der Waals surface area (Å²) in [5.74, 6) is -0.0342. The van der Waals surface area contributed by atoms with Crippen LogP contribution in [0.2, 0.25) is 0 Å². The molecule has 2 fully saturated rings. The van der Waals surface area contributed by atoms with Gasteiger partial charge in [-0.05, 0) is 25.3 Å². The van der Waals surface area contributed by atoms with Gasteiger partial charge in [-0.3, -0.25) is 9.59 Å². The van der Waals surface area contributed by atoms with E-state index < -0.39 is 0 Å². The molecule has 1 saturated heterocycles. The third-order valence-electron chi connectivity index (χ3n) is 5.20. The molecule has 0 aromatic heterocycles. The number of hydrogen-bond acceptors (Lipinski definition) is 2. The molecule has 0 radical (unpaired) electrons. The molecule has 3 rings (SSSR count). The summed E-state index contributed by atoms with van der Waals surface area (Å²) in [4.78, 5) is 26.8. The van der Waals surface area contributed by atoms with Crippen molar-refractivity contribution in [3.05, 3.63) is 35.9 Å². The highest BCUT2D eigenvalue weighted by molar-refractivity contribution is 5.89. The molecule has 1 heterocycles. The molecule has 2 aliphatic rings. The molecule has 1 N–H and O–H groups in total. The van der Waals surface area contributed by atoms with Crippen molar-refractivity contribution in [1.82, 2.24) is 10.2 Å². The lowest BCUT2D eigenvalue weighted by atomic mass is 9.94. The second kappa shape index (κ2) is 7.16. The van der Waals surface area contributed by atoms with E-state index in [4.69, 9.17) is 0 Å². The van der Waals surface area contributed by atoms with Crippen molar-refractivity contribution >= 4 is 11.8 Å². The maximum Gasteiger partial charge on any atom is 0.225 e. The topological polar surface area (TPSA) is 49.4 Å². The van der Waals surface area contributed by atoms with Crippen molar-refractivity contribution < 1.29 is 9.59 Å². The highest BCUT2D eigenvalue weighted by Gasteiger charge is 2.38. The van der Waals surface area contributed by atoms with Gasteiger partial charge in [-0.25, -0.2) is 0 Å². The van der Waals surface area contributed by atoms with Crippen LogP contribution in [0.3, 0.4) is 0 Å². The Morgan fingerprint density at radius 1 is 1.17 bits per heavy atom. The molecule has 4 nitrogen and oxygen atoms in total. The Hall–Kier alpha value is -1.84. The van der Waals surface area contributed by atoms with Gasteiger partial charge < -0.3 is 10.2 Å². The minimum absolute atomic E-state index is 0.00742. The van der Waals surface area contributed by atoms with Crippen LogP contribution in [0.4, 0.5) is 0 Å². The number of carbonyl (C=O) groups excluding carboxylic acids is 2. The average Bonchev–Trinajstić information content (AvgIpc) is 2.98. The van der Waals surface area contributed by atoms with Gasteiger partial charge in [0.15, 0.2) is 0 Å². The monoisotopic (exact) mass is 314 g/mol. The Morgan fingerprint density at radius 2 is 1.87 bits per heavy atom. The number of rotatable bonds is 4. The second-order valence-electron chi connectivity index (χ2n) is 6.88. The highest BCUT2D eigenvalue weighted by atomic mass is 16.2. The van der Waals surface area contributed by atoms with Crippen molar-refractivity contribution in [2.45, 2.75) is 57.5 Å². The van der Waals surface area contributed by atoms with Gasteiger partial charge in [-0.2, -0.15) is 0 Å². The maximum absolute atomic E-state index is 12.5. The molecular formula is C19H26N2O2. The van der Waals surface area contributed by atoms with Gasteiger partial charge in [0.05, 0.1) is 12.0 Å². The summed E-state index contributed by atoms with van der Waals surface area (Å²) in [7, 11) is 0. The third kappa shape index (κ3) is 3.74. The number of amides is 2. The molecule has 1 aliphatic carbocycles. The first kappa shape index (κ1) is 16.0. The van der Waals surface area contributed by atoms with Crippen LogP contribution in [0.5, 0.6) is 0 Å². The van der Waals surface area contributed by atoms with Crippen LogP contribution < -0.4 is 5.32 Å². The zero-order chi connectivity index (χ0) is 16.2. The fraction of sp³-hybridized carbons (Fsp3) is 0.579. The minimum Gasteiger partial charge on any atom is -0.349 e. The average molecular weight is 314 g/mol. The van der Waals surface area contributed by atoms with Crippen LogP contribution in [0.15, 0.2) is 30.3 Å². The van der Waals surface area contributed by atoms with Gasteiger partial charge in [0.1, 0.15) is 0 Å². The van der Waals surface area contributed by atoms with E-state index in [1.807, 2.05) is 42.2 Å². The summed E-state index contributed by atoms with van der Waals surface area (Å²) in [6, 6.07) is 10.3. The van der Waals surface area contributed by atoms with E-state index in [1.54, 1.807) is 0 Å². The summed E-state index contributed by atoms with van der Waals surface area (Å²) < 4.78 is 0. The molecular weight excluding hydrogens is 288 g/mol. The zero-order valence-corrected chi connectivity index (χ0v) is 13.8. The lowest BCUT2D eigenvalue weighted by Gasteiger charge is -2.31. The Labute approximate surface area is 138 Å². The number of benzene rings is 1. The third-order valence-corrected chi connectivity index (χ3v) is 5.20. The number of likely N-dealkylation sites (tertiary alicyclic amines) is 1. The number of nitrogens with zero attached hydrogens (tertiary/aromatic N) is 1. The SMILES string of the molecule is C[C@@H](NC(=O)[C@H]1CC(=O)N(C2CCCCC2)C1)c1ccccc1. The molecule has 0 unspecified atom stereocenters. The molecule has 1 aromatic rings. The lowest BCUT2D eigenvalue weighted by molar-refractivity contribution is -0.130. The van der Waals surface area contributed by atoms with Gasteiger partial charge >= 0.3 is 0 Å². The molecule has 1 aromatic carbocycles. The van der Waals surface area contributed by atoms with E-state index in [9.17, 15) is 9.59 Å². The van der Waals surface area contributed by atoms with Gasteiger partial charge in [0.2, 0.25) is 11.8 Å². The van der Waals surface area contributed by atoms with Crippen molar-refractivity contribution in [1.29, 1.82) is 0 Å². The number of nitrogens with one attached hydrogen (secondary N) is 1. The van der Waals surface area contributed by atoms with Gasteiger partial charge in [-0.15, -0.1) is 0 Å². The summed E-state index contributed by atoms with van der Waals surface area (Å²) in [6.07, 6.45) is 6.24. The number of hydrogen-bond donors (Lipinski definition) is 1. The molecule has 4 heteroatoms. The predicted octanol–water partition coefficient (Wildman–Crippen LogP) is 3.05. The summed E-state index contributed by atoms with van der Waals surface area (Å²) >= 11 is 0. The molecule has 23 heavy (non-hydrogen) atoms. The standard InChI is InChI=1S/C19H26N2O2/c1-14(15-8-4-2-5-9-15)20-19(23)16-12-18(22)21(13-16)17-10-6-3-7-11-17/h2,4-5,8-9,14,16-17H,3,6-7,10-13H2,1H3,(H,20,23)/t14-,16+/m1/s1. The van der Waals surface area contributed by atoms with E-state index in [0.29, 0.717) is 19.0 Å². The van der Waals surface area contributed by atoms with Crippen LogP contribution in [0.1, 0.15) is 57.1 Å². The molecule has 124 valence electrons. The molecule has 0 spiro atoms. The molecule has 2 amide bonds. The second-order valence-corrected chi connectivity index (χ2v) is 6.88. The molecule has 1 saturated carbocycles. The zero-order valence-electron chi connectivity index (χ0n) is 13.8. The summed E-state index contributed by atoms with van der Waals surface area (Å²) in [6.45, 7) is 2.58. The van der Waals surface area contributed by atoms with E-state index >= 15 is 0 Å². The van der Waals surface area contributed by atoms with E-state index in [1.165, 1.54) is 19.3 Å². The van der Waals surface area contributed by atoms with Crippen molar-refractivity contribution in [2.24, 2.45) is 5.92 Å². The van der Waals surface area contributed by atoms with Crippen LogP contribution in [0, 0.1) is 5.92 Å². The highest BCUT2D eigenvalue weighted by Crippen LogP contribution is 2.29. The Kier molecular flexibility index (Phi) is 4.99. The predicted molar refractivity (Wildman–Crippen MR) is 89.7 cm³/mol. The largest absolute Gasteiger partial charge is 0.349 e. The first-order valence-corrected chi connectivity index (χ1v) is 8.80. The molecule has 2 atom stereocenters. The Morgan fingerprint density at radius 3 is 2.57 bits per heavy atom. The van der Waals surface area contributed by atoms with E-state index in [2.05, 4.69) is 5.32 Å². The maximum atomic E-state index is 12.5. The number of carbonyl (C=O) groups is 2. The molecule has 1 aliphatic heterocycles. The molecule has 0 bridgehead atoms. The summed E-state index contributed by atoms with van der Waals surface area (Å²) in [5.41, 5.74) is 1.09. The summed E-state index contributed by atoms with van der Waals surface area (Å²) in [5, 5.41) is 3.06. The quantitative estimate of drug-likeness (QED) is 0.928. The van der Waals surface area contributed by atoms with Crippen molar-refractivity contribution in [3.8, 4) is 0 Å². The minimum atomic E-state index is -0.199. The van der Waals surface area contributed by atoms with E-state index in [-0.39, 0.29) is 23.8 Å². The van der Waals surface area contributed by atoms with Crippen LogP contribution in [-0.2, 0) is 9.59 Å². The Bertz CT molecular complexity index is 552. The fourth-order valence-corrected chi connectivity index (χ4v) is 3.81. The van der Waals surface area contributed by atoms with Crippen molar-refractivity contribution in [3.63, 3.8) is 0 Å². The smallest absolute Gasteiger partial charge is 0.225 e. The first-order chi connectivity index (χ1) is 11.1. The fourth-order valence-electron chi connectivity index (χ4n) is 3.81. The van der Waals surface area contributed by atoms with Gasteiger partial charge in [0.25, 0.3) is 0 Å². The van der Waals surface area contributed by atoms with E-state index in [0.717, 1.165) is 18.4 Å².